The van der Waals surface area contributed by atoms with Crippen molar-refractivity contribution in [3.05, 3.63) is 0 Å². The zero-order chi connectivity index (χ0) is 13.0. The highest BCUT2D eigenvalue weighted by molar-refractivity contribution is 4.87. The predicted octanol–water partition coefficient (Wildman–Crippen LogP) is 1.79. The predicted molar refractivity (Wildman–Crippen MR) is 78.0 cm³/mol. The lowest BCUT2D eigenvalue weighted by Crippen LogP contribution is -2.53. The summed E-state index contributed by atoms with van der Waals surface area (Å²) in [5, 5.41) is 3.55. The van der Waals surface area contributed by atoms with Crippen LogP contribution in [0.2, 0.25) is 0 Å². The van der Waals surface area contributed by atoms with Crippen LogP contribution in [-0.4, -0.2) is 62.2 Å². The molecule has 2 aliphatic heterocycles. The highest BCUT2D eigenvalue weighted by Crippen LogP contribution is 2.24. The van der Waals surface area contributed by atoms with Crippen molar-refractivity contribution in [2.75, 3.05) is 40.3 Å². The molecule has 2 saturated heterocycles. The minimum atomic E-state index is 0.721. The van der Waals surface area contributed by atoms with Crippen LogP contribution in [0.4, 0.5) is 0 Å². The van der Waals surface area contributed by atoms with Gasteiger partial charge in [0.05, 0.1) is 0 Å². The van der Waals surface area contributed by atoms with E-state index in [-0.39, 0.29) is 0 Å². The van der Waals surface area contributed by atoms with E-state index in [1.807, 2.05) is 0 Å². The Kier molecular flexibility index (Phi) is 5.46. The average molecular weight is 253 g/mol. The molecule has 0 aromatic rings. The Morgan fingerprint density at radius 2 is 2.06 bits per heavy atom. The van der Waals surface area contributed by atoms with Crippen molar-refractivity contribution in [1.29, 1.82) is 0 Å². The van der Waals surface area contributed by atoms with Gasteiger partial charge in [-0.2, -0.15) is 0 Å². The first kappa shape index (κ1) is 14.3. The highest BCUT2D eigenvalue weighted by Gasteiger charge is 2.30. The van der Waals surface area contributed by atoms with Gasteiger partial charge in [0.15, 0.2) is 0 Å². The first-order valence-electron chi connectivity index (χ1n) is 7.83. The minimum absolute atomic E-state index is 0.721. The molecule has 2 heterocycles. The van der Waals surface area contributed by atoms with Gasteiger partial charge in [-0.05, 0) is 58.8 Å². The zero-order valence-electron chi connectivity index (χ0n) is 12.5. The van der Waals surface area contributed by atoms with Crippen LogP contribution >= 0.6 is 0 Å². The Labute approximate surface area is 113 Å². The van der Waals surface area contributed by atoms with E-state index in [0.29, 0.717) is 0 Å². The number of rotatable bonds is 4. The monoisotopic (exact) mass is 253 g/mol. The fraction of sp³-hybridized carbons (Fsp3) is 1.00. The molecule has 3 nitrogen and oxygen atoms in total. The Morgan fingerprint density at radius 3 is 2.78 bits per heavy atom. The lowest BCUT2D eigenvalue weighted by Gasteiger charge is -2.43. The molecule has 0 aromatic heterocycles. The van der Waals surface area contributed by atoms with Gasteiger partial charge in [-0.15, -0.1) is 0 Å². The molecule has 0 spiro atoms. The number of nitrogens with one attached hydrogen (secondary N) is 1. The van der Waals surface area contributed by atoms with Crippen molar-refractivity contribution >= 4 is 0 Å². The summed E-state index contributed by atoms with van der Waals surface area (Å²) in [5.74, 6) is 0.855. The molecule has 1 N–H and O–H groups in total. The second-order valence-corrected chi connectivity index (χ2v) is 6.34. The zero-order valence-corrected chi connectivity index (χ0v) is 12.5. The van der Waals surface area contributed by atoms with Gasteiger partial charge in [-0.1, -0.05) is 13.3 Å². The molecule has 0 aliphatic carbocycles. The van der Waals surface area contributed by atoms with Gasteiger partial charge in [0.25, 0.3) is 0 Å². The molecule has 2 rings (SSSR count). The normalized spacial score (nSPS) is 35.0. The van der Waals surface area contributed by atoms with Crippen LogP contribution in [-0.2, 0) is 0 Å². The largest absolute Gasteiger partial charge is 0.315 e. The first-order valence-corrected chi connectivity index (χ1v) is 7.83. The van der Waals surface area contributed by atoms with Crippen LogP contribution in [0.1, 0.15) is 39.0 Å². The molecular formula is C15H31N3. The van der Waals surface area contributed by atoms with Gasteiger partial charge in [0.2, 0.25) is 0 Å². The molecule has 2 fully saturated rings. The van der Waals surface area contributed by atoms with E-state index in [2.05, 4.69) is 36.1 Å². The quantitative estimate of drug-likeness (QED) is 0.824. The second kappa shape index (κ2) is 6.88. The summed E-state index contributed by atoms with van der Waals surface area (Å²) in [7, 11) is 4.47. The number of hydrogen-bond acceptors (Lipinski definition) is 3. The fourth-order valence-corrected chi connectivity index (χ4v) is 3.78. The Balaban J connectivity index is 1.92. The van der Waals surface area contributed by atoms with E-state index in [1.165, 1.54) is 58.3 Å². The Hall–Kier alpha value is -0.120. The van der Waals surface area contributed by atoms with Crippen molar-refractivity contribution in [3.63, 3.8) is 0 Å². The van der Waals surface area contributed by atoms with Gasteiger partial charge in [-0.3, -0.25) is 0 Å². The summed E-state index contributed by atoms with van der Waals surface area (Å²) >= 11 is 0. The Bertz CT molecular complexity index is 242. The maximum absolute atomic E-state index is 3.55. The number of likely N-dealkylation sites (tertiary alicyclic amines) is 1. The lowest BCUT2D eigenvalue weighted by molar-refractivity contribution is 0.0758. The van der Waals surface area contributed by atoms with Crippen molar-refractivity contribution < 1.29 is 0 Å². The molecule has 0 amide bonds. The topological polar surface area (TPSA) is 18.5 Å². The summed E-state index contributed by atoms with van der Waals surface area (Å²) in [4.78, 5) is 5.21. The molecule has 18 heavy (non-hydrogen) atoms. The van der Waals surface area contributed by atoms with Gasteiger partial charge >= 0.3 is 0 Å². The van der Waals surface area contributed by atoms with Crippen LogP contribution in [0.15, 0.2) is 0 Å². The van der Waals surface area contributed by atoms with Crippen LogP contribution < -0.4 is 5.32 Å². The molecular weight excluding hydrogens is 222 g/mol. The maximum atomic E-state index is 3.55. The van der Waals surface area contributed by atoms with Crippen LogP contribution in [0.5, 0.6) is 0 Å². The van der Waals surface area contributed by atoms with Crippen molar-refractivity contribution in [2.45, 2.75) is 51.1 Å². The molecule has 0 bridgehead atoms. The average Bonchev–Trinajstić information content (AvgIpc) is 2.40. The van der Waals surface area contributed by atoms with Gasteiger partial charge < -0.3 is 15.1 Å². The second-order valence-electron chi connectivity index (χ2n) is 6.34. The smallest absolute Gasteiger partial charge is 0.0255 e. The van der Waals surface area contributed by atoms with Crippen LogP contribution in [0.3, 0.4) is 0 Å². The summed E-state index contributed by atoms with van der Waals surface area (Å²) in [6.07, 6.45) is 6.95. The van der Waals surface area contributed by atoms with Crippen LogP contribution in [0.25, 0.3) is 0 Å². The molecule has 106 valence electrons. The number of hydrogen-bond donors (Lipinski definition) is 1. The molecule has 2 aliphatic rings. The fourth-order valence-electron chi connectivity index (χ4n) is 3.78. The number of likely N-dealkylation sites (N-methyl/N-ethyl adjacent to an activating group) is 1. The molecule has 3 atom stereocenters. The van der Waals surface area contributed by atoms with Crippen LogP contribution in [0, 0.1) is 5.92 Å². The lowest BCUT2D eigenvalue weighted by atomic mass is 9.89. The standard InChI is InChI=1S/C15H31N3/c1-4-14-7-5-6-10-18(14)12-13-8-9-16-11-15(13)17(2)3/h13-16H,4-12H2,1-3H3. The highest BCUT2D eigenvalue weighted by atomic mass is 15.2. The molecule has 0 aromatic carbocycles. The number of piperidine rings is 2. The first-order chi connectivity index (χ1) is 8.72. The van der Waals surface area contributed by atoms with E-state index in [4.69, 9.17) is 0 Å². The van der Waals surface area contributed by atoms with Gasteiger partial charge in [0.1, 0.15) is 0 Å². The van der Waals surface area contributed by atoms with Gasteiger partial charge in [0, 0.05) is 25.2 Å². The van der Waals surface area contributed by atoms with E-state index in [9.17, 15) is 0 Å². The molecule has 3 unspecified atom stereocenters. The molecule has 0 radical (unpaired) electrons. The summed E-state index contributed by atoms with van der Waals surface area (Å²) in [6, 6.07) is 1.58. The van der Waals surface area contributed by atoms with E-state index in [1.54, 1.807) is 0 Å². The summed E-state index contributed by atoms with van der Waals surface area (Å²) in [5.41, 5.74) is 0. The van der Waals surface area contributed by atoms with Crippen molar-refractivity contribution in [1.82, 2.24) is 15.1 Å². The van der Waals surface area contributed by atoms with E-state index in [0.717, 1.165) is 18.0 Å². The Morgan fingerprint density at radius 1 is 1.22 bits per heavy atom. The maximum Gasteiger partial charge on any atom is 0.0255 e. The van der Waals surface area contributed by atoms with Gasteiger partial charge in [-0.25, -0.2) is 0 Å². The SMILES string of the molecule is CCC1CCCCN1CC1CCNCC1N(C)C. The summed E-state index contributed by atoms with van der Waals surface area (Å²) in [6.45, 7) is 7.39. The van der Waals surface area contributed by atoms with Crippen molar-refractivity contribution in [3.8, 4) is 0 Å². The third-order valence-corrected chi connectivity index (χ3v) is 4.94. The third-order valence-electron chi connectivity index (χ3n) is 4.94. The molecule has 3 heteroatoms. The van der Waals surface area contributed by atoms with Crippen molar-refractivity contribution in [2.24, 2.45) is 5.92 Å². The summed E-state index contributed by atoms with van der Waals surface area (Å²) < 4.78 is 0. The molecule has 0 saturated carbocycles. The number of nitrogens with zero attached hydrogens (tertiary/aromatic N) is 2. The third kappa shape index (κ3) is 3.46. The minimum Gasteiger partial charge on any atom is -0.315 e. The van der Waals surface area contributed by atoms with E-state index < -0.39 is 0 Å². The van der Waals surface area contributed by atoms with E-state index >= 15 is 0 Å².